The number of benzene rings is 1. The molecule has 1 aliphatic heterocycles. The minimum absolute atomic E-state index is 0.119. The maximum atomic E-state index is 12.3. The van der Waals surface area contributed by atoms with Crippen molar-refractivity contribution in [1.29, 1.82) is 0 Å². The Bertz CT molecular complexity index is 541. The van der Waals surface area contributed by atoms with Crippen LogP contribution in [0.15, 0.2) is 18.2 Å². The largest absolute Gasteiger partial charge is 0.381 e. The van der Waals surface area contributed by atoms with Gasteiger partial charge < -0.3 is 10.1 Å². The summed E-state index contributed by atoms with van der Waals surface area (Å²) < 4.78 is 5.26. The van der Waals surface area contributed by atoms with E-state index in [2.05, 4.69) is 5.32 Å². The van der Waals surface area contributed by atoms with Gasteiger partial charge in [-0.2, -0.15) is 0 Å². The van der Waals surface area contributed by atoms with Crippen molar-refractivity contribution in [3.63, 3.8) is 0 Å². The van der Waals surface area contributed by atoms with Gasteiger partial charge >= 0.3 is 0 Å². The summed E-state index contributed by atoms with van der Waals surface area (Å²) in [5, 5.41) is 13.6. The van der Waals surface area contributed by atoms with Crippen LogP contribution in [0.5, 0.6) is 0 Å². The van der Waals surface area contributed by atoms with Crippen molar-refractivity contribution >= 4 is 23.2 Å². The van der Waals surface area contributed by atoms with Gasteiger partial charge in [0.1, 0.15) is 5.02 Å². The number of rotatable bonds is 3. The van der Waals surface area contributed by atoms with Gasteiger partial charge in [-0.05, 0) is 25.8 Å². The van der Waals surface area contributed by atoms with Crippen LogP contribution in [0.4, 0.5) is 5.69 Å². The zero-order valence-electron chi connectivity index (χ0n) is 11.0. The summed E-state index contributed by atoms with van der Waals surface area (Å²) >= 11 is 5.93. The van der Waals surface area contributed by atoms with Crippen LogP contribution >= 0.6 is 11.6 Å². The highest BCUT2D eigenvalue weighted by molar-refractivity contribution is 6.35. The number of nitrogens with one attached hydrogen (secondary N) is 1. The average Bonchev–Trinajstić information content (AvgIpc) is 2.38. The predicted molar refractivity (Wildman–Crippen MR) is 74.0 cm³/mol. The number of halogens is 1. The van der Waals surface area contributed by atoms with Gasteiger partial charge in [-0.15, -0.1) is 0 Å². The normalized spacial score (nSPS) is 17.5. The van der Waals surface area contributed by atoms with E-state index in [1.807, 2.05) is 6.92 Å². The number of hydrogen-bond donors (Lipinski definition) is 1. The lowest BCUT2D eigenvalue weighted by Crippen LogP contribution is -2.49. The molecule has 1 aromatic carbocycles. The van der Waals surface area contributed by atoms with Gasteiger partial charge in [0, 0.05) is 24.8 Å². The first-order valence-electron chi connectivity index (χ1n) is 6.26. The molecular weight excluding hydrogens is 284 g/mol. The Hall–Kier alpha value is -1.66. The van der Waals surface area contributed by atoms with Crippen molar-refractivity contribution in [2.75, 3.05) is 13.2 Å². The molecule has 0 aliphatic carbocycles. The van der Waals surface area contributed by atoms with E-state index in [-0.39, 0.29) is 21.8 Å². The first-order valence-corrected chi connectivity index (χ1v) is 6.64. The fraction of sp³-hybridized carbons (Fsp3) is 0.462. The third-order valence-corrected chi connectivity index (χ3v) is 3.83. The van der Waals surface area contributed by atoms with Crippen molar-refractivity contribution < 1.29 is 14.5 Å². The van der Waals surface area contributed by atoms with Crippen LogP contribution < -0.4 is 5.32 Å². The van der Waals surface area contributed by atoms with E-state index in [1.165, 1.54) is 18.2 Å². The quantitative estimate of drug-likeness (QED) is 0.687. The van der Waals surface area contributed by atoms with E-state index in [0.717, 1.165) is 0 Å². The molecule has 0 bridgehead atoms. The molecule has 1 aliphatic rings. The molecule has 0 unspecified atom stereocenters. The fourth-order valence-corrected chi connectivity index (χ4v) is 2.41. The fourth-order valence-electron chi connectivity index (χ4n) is 2.12. The zero-order valence-corrected chi connectivity index (χ0v) is 11.8. The Morgan fingerprint density at radius 3 is 2.70 bits per heavy atom. The number of carbonyl (C=O) groups is 1. The van der Waals surface area contributed by atoms with Crippen molar-refractivity contribution in [2.24, 2.45) is 0 Å². The molecule has 6 nitrogen and oxygen atoms in total. The summed E-state index contributed by atoms with van der Waals surface area (Å²) in [7, 11) is 0. The number of hydrogen-bond acceptors (Lipinski definition) is 4. The van der Waals surface area contributed by atoms with Crippen molar-refractivity contribution in [2.45, 2.75) is 25.3 Å². The first kappa shape index (κ1) is 14.7. The zero-order chi connectivity index (χ0) is 14.8. The second kappa shape index (κ2) is 5.76. The highest BCUT2D eigenvalue weighted by Gasteiger charge is 2.30. The Labute approximate surface area is 121 Å². The molecule has 0 saturated carbocycles. The number of ether oxygens (including phenoxy) is 1. The van der Waals surface area contributed by atoms with E-state index in [0.29, 0.717) is 26.1 Å². The monoisotopic (exact) mass is 298 g/mol. The molecule has 1 fully saturated rings. The van der Waals surface area contributed by atoms with Crippen molar-refractivity contribution in [3.8, 4) is 0 Å². The smallest absolute Gasteiger partial charge is 0.288 e. The Kier molecular flexibility index (Phi) is 4.25. The van der Waals surface area contributed by atoms with Crippen molar-refractivity contribution in [1.82, 2.24) is 5.32 Å². The lowest BCUT2D eigenvalue weighted by atomic mass is 9.92. The number of amides is 1. The van der Waals surface area contributed by atoms with E-state index in [9.17, 15) is 14.9 Å². The van der Waals surface area contributed by atoms with Crippen LogP contribution in [-0.2, 0) is 4.74 Å². The molecular formula is C13H15ClN2O4. The molecule has 20 heavy (non-hydrogen) atoms. The van der Waals surface area contributed by atoms with Crippen LogP contribution in [-0.4, -0.2) is 29.6 Å². The maximum absolute atomic E-state index is 12.3. The second-order valence-corrected chi connectivity index (χ2v) is 5.40. The topological polar surface area (TPSA) is 81.5 Å². The lowest BCUT2D eigenvalue weighted by molar-refractivity contribution is -0.384. The van der Waals surface area contributed by atoms with Gasteiger partial charge in [-0.3, -0.25) is 14.9 Å². The van der Waals surface area contributed by atoms with Gasteiger partial charge in [-0.1, -0.05) is 17.7 Å². The third kappa shape index (κ3) is 3.08. The molecule has 0 atom stereocenters. The van der Waals surface area contributed by atoms with Crippen LogP contribution in [0.2, 0.25) is 5.02 Å². The molecule has 1 heterocycles. The summed E-state index contributed by atoms with van der Waals surface area (Å²) in [5.74, 6) is -0.400. The first-order chi connectivity index (χ1) is 9.43. The standard InChI is InChI=1S/C13H15ClN2O4/c1-13(5-7-20-8-6-13)15-12(17)9-3-2-4-10(11(9)14)16(18)19/h2-4H,5-8H2,1H3,(H,15,17). The Morgan fingerprint density at radius 2 is 2.10 bits per heavy atom. The molecule has 0 aromatic heterocycles. The summed E-state index contributed by atoms with van der Waals surface area (Å²) in [4.78, 5) is 22.5. The highest BCUT2D eigenvalue weighted by atomic mass is 35.5. The van der Waals surface area contributed by atoms with Gasteiger partial charge in [0.15, 0.2) is 0 Å². The Morgan fingerprint density at radius 1 is 1.45 bits per heavy atom. The van der Waals surface area contributed by atoms with E-state index < -0.39 is 10.8 Å². The van der Waals surface area contributed by atoms with Gasteiger partial charge in [0.05, 0.1) is 10.5 Å². The predicted octanol–water partition coefficient (Wildman–Crippen LogP) is 2.55. The highest BCUT2D eigenvalue weighted by Crippen LogP contribution is 2.28. The molecule has 1 amide bonds. The molecule has 1 aromatic rings. The summed E-state index contributed by atoms with van der Waals surface area (Å²) in [6.07, 6.45) is 1.40. The van der Waals surface area contributed by atoms with Crippen LogP contribution in [0.3, 0.4) is 0 Å². The maximum Gasteiger partial charge on any atom is 0.288 e. The molecule has 0 radical (unpaired) electrons. The average molecular weight is 299 g/mol. The second-order valence-electron chi connectivity index (χ2n) is 5.02. The summed E-state index contributed by atoms with van der Waals surface area (Å²) in [6, 6.07) is 4.20. The summed E-state index contributed by atoms with van der Waals surface area (Å²) in [6.45, 7) is 3.09. The lowest BCUT2D eigenvalue weighted by Gasteiger charge is -2.34. The van der Waals surface area contributed by atoms with E-state index in [1.54, 1.807) is 0 Å². The number of nitro groups is 1. The van der Waals surface area contributed by atoms with E-state index in [4.69, 9.17) is 16.3 Å². The number of carbonyl (C=O) groups excluding carboxylic acids is 1. The molecule has 108 valence electrons. The number of nitro benzene ring substituents is 1. The Balaban J connectivity index is 2.21. The molecule has 2 rings (SSSR count). The van der Waals surface area contributed by atoms with Gasteiger partial charge in [-0.25, -0.2) is 0 Å². The van der Waals surface area contributed by atoms with Crippen LogP contribution in [0, 0.1) is 10.1 Å². The SMILES string of the molecule is CC1(NC(=O)c2cccc([N+](=O)[O-])c2Cl)CCOCC1. The van der Waals surface area contributed by atoms with E-state index >= 15 is 0 Å². The summed E-state index contributed by atoms with van der Waals surface area (Å²) in [5.41, 5.74) is -0.520. The number of nitrogens with zero attached hydrogens (tertiary/aromatic N) is 1. The third-order valence-electron chi connectivity index (χ3n) is 3.43. The van der Waals surface area contributed by atoms with Crippen molar-refractivity contribution in [3.05, 3.63) is 38.9 Å². The molecule has 1 saturated heterocycles. The van der Waals surface area contributed by atoms with Gasteiger partial charge in [0.25, 0.3) is 11.6 Å². The minimum atomic E-state index is -0.602. The minimum Gasteiger partial charge on any atom is -0.381 e. The molecule has 1 N–H and O–H groups in total. The van der Waals surface area contributed by atoms with Gasteiger partial charge in [0.2, 0.25) is 0 Å². The molecule has 7 heteroatoms. The van der Waals surface area contributed by atoms with Crippen LogP contribution in [0.25, 0.3) is 0 Å². The van der Waals surface area contributed by atoms with Crippen LogP contribution in [0.1, 0.15) is 30.1 Å². The molecule has 0 spiro atoms.